The summed E-state index contributed by atoms with van der Waals surface area (Å²) in [4.78, 5) is 24.5. The van der Waals surface area contributed by atoms with Gasteiger partial charge in [-0.3, -0.25) is 4.79 Å². The molecule has 1 aliphatic heterocycles. The number of sulfonamides is 1. The van der Waals surface area contributed by atoms with Gasteiger partial charge in [-0.25, -0.2) is 13.2 Å². The van der Waals surface area contributed by atoms with Crippen molar-refractivity contribution in [2.75, 3.05) is 32.1 Å². The maximum Gasteiger partial charge on any atom is 0.338 e. The van der Waals surface area contributed by atoms with Gasteiger partial charge in [0.2, 0.25) is 10.0 Å². The summed E-state index contributed by atoms with van der Waals surface area (Å²) in [6.45, 7) is 2.91. The Hall–Kier alpha value is -2.91. The molecule has 0 bridgehead atoms. The molecule has 1 fully saturated rings. The molecule has 0 unspecified atom stereocenters. The Balaban J connectivity index is 1.82. The second-order valence-corrected chi connectivity index (χ2v) is 9.34. The molecule has 8 nitrogen and oxygen atoms in total. The van der Waals surface area contributed by atoms with E-state index >= 15 is 0 Å². The molecule has 0 radical (unpaired) electrons. The minimum Gasteiger partial charge on any atom is -0.495 e. The highest BCUT2D eigenvalue weighted by Gasteiger charge is 2.29. The number of amides is 1. The summed E-state index contributed by atoms with van der Waals surface area (Å²) in [7, 11) is -2.40. The Kier molecular flexibility index (Phi) is 7.87. The van der Waals surface area contributed by atoms with Crippen molar-refractivity contribution in [1.82, 2.24) is 4.31 Å². The summed E-state index contributed by atoms with van der Waals surface area (Å²) in [5.41, 5.74) is 1.03. The normalized spacial score (nSPS) is 14.9. The maximum absolute atomic E-state index is 13.3. The predicted molar refractivity (Wildman–Crippen MR) is 121 cm³/mol. The number of hydrogen-bond acceptors (Lipinski definition) is 6. The van der Waals surface area contributed by atoms with E-state index < -0.39 is 21.9 Å². The molecule has 2 aromatic carbocycles. The molecule has 1 aliphatic rings. The number of carbonyl (C=O) groups excluding carboxylic acids is 2. The molecule has 1 saturated heterocycles. The first-order chi connectivity index (χ1) is 15.4. The number of ether oxygens (including phenoxy) is 2. The number of carbonyl (C=O) groups is 2. The second-order valence-electron chi connectivity index (χ2n) is 7.44. The third-order valence-electron chi connectivity index (χ3n) is 5.26. The lowest BCUT2D eigenvalue weighted by molar-refractivity contribution is 0.0526. The Morgan fingerprint density at radius 2 is 1.59 bits per heavy atom. The molecule has 0 atom stereocenters. The van der Waals surface area contributed by atoms with Crippen molar-refractivity contribution in [3.8, 4) is 5.75 Å². The number of methoxy groups -OCH3 is 1. The Labute approximate surface area is 188 Å². The average Bonchev–Trinajstić information content (AvgIpc) is 3.09. The third kappa shape index (κ3) is 5.46. The van der Waals surface area contributed by atoms with Gasteiger partial charge in [-0.2, -0.15) is 4.31 Å². The van der Waals surface area contributed by atoms with Crippen LogP contribution in [-0.2, 0) is 14.8 Å². The molecule has 0 aliphatic carbocycles. The topological polar surface area (TPSA) is 102 Å². The molecule has 2 aromatic rings. The van der Waals surface area contributed by atoms with Gasteiger partial charge >= 0.3 is 5.97 Å². The number of esters is 1. The quantitative estimate of drug-likeness (QED) is 0.633. The van der Waals surface area contributed by atoms with Crippen molar-refractivity contribution in [2.45, 2.75) is 37.5 Å². The lowest BCUT2D eigenvalue weighted by Crippen LogP contribution is -2.32. The molecule has 9 heteroatoms. The van der Waals surface area contributed by atoms with Gasteiger partial charge in [0.05, 0.1) is 19.3 Å². The fourth-order valence-corrected chi connectivity index (χ4v) is 5.25. The Morgan fingerprint density at radius 3 is 2.19 bits per heavy atom. The van der Waals surface area contributed by atoms with E-state index in [1.807, 2.05) is 0 Å². The van der Waals surface area contributed by atoms with Gasteiger partial charge in [-0.1, -0.05) is 12.8 Å². The van der Waals surface area contributed by atoms with Crippen LogP contribution in [0.3, 0.4) is 0 Å². The summed E-state index contributed by atoms with van der Waals surface area (Å²) in [6.07, 6.45) is 3.62. The van der Waals surface area contributed by atoms with Gasteiger partial charge in [0.15, 0.2) is 0 Å². The summed E-state index contributed by atoms with van der Waals surface area (Å²) in [6, 6.07) is 10.6. The number of nitrogens with zero attached hydrogens (tertiary/aromatic N) is 1. The SMILES string of the molecule is CCOC(=O)c1ccc(NC(=O)c2ccc(OC)c(S(=O)(=O)N3CCCCCC3)c2)cc1. The van der Waals surface area contributed by atoms with E-state index in [1.165, 1.54) is 29.6 Å². The highest BCUT2D eigenvalue weighted by Crippen LogP contribution is 2.29. The van der Waals surface area contributed by atoms with Gasteiger partial charge in [0.25, 0.3) is 5.91 Å². The molecule has 172 valence electrons. The highest BCUT2D eigenvalue weighted by atomic mass is 32.2. The van der Waals surface area contributed by atoms with Gasteiger partial charge in [-0.05, 0) is 62.2 Å². The van der Waals surface area contributed by atoms with Crippen LogP contribution in [0.4, 0.5) is 5.69 Å². The first-order valence-electron chi connectivity index (χ1n) is 10.6. The zero-order chi connectivity index (χ0) is 23.1. The lowest BCUT2D eigenvalue weighted by Gasteiger charge is -2.21. The van der Waals surface area contributed by atoms with E-state index in [9.17, 15) is 18.0 Å². The van der Waals surface area contributed by atoms with Crippen LogP contribution >= 0.6 is 0 Å². The summed E-state index contributed by atoms with van der Waals surface area (Å²) in [5.74, 6) is -0.711. The molecular weight excluding hydrogens is 432 g/mol. The molecule has 0 saturated carbocycles. The number of anilines is 1. The molecule has 1 heterocycles. The van der Waals surface area contributed by atoms with Gasteiger partial charge < -0.3 is 14.8 Å². The summed E-state index contributed by atoms with van der Waals surface area (Å²) < 4.78 is 38.2. The van der Waals surface area contributed by atoms with E-state index in [0.29, 0.717) is 24.3 Å². The van der Waals surface area contributed by atoms with Crippen LogP contribution in [-0.4, -0.2) is 51.4 Å². The van der Waals surface area contributed by atoms with Crippen LogP contribution in [0, 0.1) is 0 Å². The minimum atomic E-state index is -3.80. The van der Waals surface area contributed by atoms with Crippen molar-refractivity contribution in [1.29, 1.82) is 0 Å². The van der Waals surface area contributed by atoms with Crippen LogP contribution < -0.4 is 10.1 Å². The van der Waals surface area contributed by atoms with E-state index in [4.69, 9.17) is 9.47 Å². The summed E-state index contributed by atoms with van der Waals surface area (Å²) >= 11 is 0. The van der Waals surface area contributed by atoms with E-state index in [1.54, 1.807) is 31.2 Å². The van der Waals surface area contributed by atoms with Crippen LogP contribution in [0.5, 0.6) is 5.75 Å². The number of rotatable bonds is 7. The Bertz CT molecular complexity index is 1060. The first-order valence-corrected chi connectivity index (χ1v) is 12.1. The van der Waals surface area contributed by atoms with Crippen molar-refractivity contribution in [2.24, 2.45) is 0 Å². The highest BCUT2D eigenvalue weighted by molar-refractivity contribution is 7.89. The third-order valence-corrected chi connectivity index (χ3v) is 7.18. The molecular formula is C23H28N2O6S. The molecule has 3 rings (SSSR count). The monoisotopic (exact) mass is 460 g/mol. The molecule has 1 N–H and O–H groups in total. The zero-order valence-corrected chi connectivity index (χ0v) is 19.1. The number of hydrogen-bond donors (Lipinski definition) is 1. The van der Waals surface area contributed by atoms with E-state index in [-0.39, 0.29) is 22.8 Å². The smallest absolute Gasteiger partial charge is 0.338 e. The van der Waals surface area contributed by atoms with E-state index in [0.717, 1.165) is 25.7 Å². The molecule has 1 amide bonds. The van der Waals surface area contributed by atoms with Gasteiger partial charge in [0, 0.05) is 24.3 Å². The van der Waals surface area contributed by atoms with Crippen molar-refractivity contribution >= 4 is 27.6 Å². The number of nitrogens with one attached hydrogen (secondary N) is 1. The van der Waals surface area contributed by atoms with Crippen molar-refractivity contribution < 1.29 is 27.5 Å². The van der Waals surface area contributed by atoms with Gasteiger partial charge in [0.1, 0.15) is 10.6 Å². The van der Waals surface area contributed by atoms with Crippen molar-refractivity contribution in [3.05, 3.63) is 53.6 Å². The molecule has 0 aromatic heterocycles. The minimum absolute atomic E-state index is 0.0211. The van der Waals surface area contributed by atoms with Gasteiger partial charge in [-0.15, -0.1) is 0 Å². The largest absolute Gasteiger partial charge is 0.495 e. The lowest BCUT2D eigenvalue weighted by atomic mass is 10.1. The zero-order valence-electron chi connectivity index (χ0n) is 18.3. The standard InChI is InChI=1S/C23H28N2O6S/c1-3-31-23(27)17-8-11-19(12-9-17)24-22(26)18-10-13-20(30-2)21(16-18)32(28,29)25-14-6-4-5-7-15-25/h8-13,16H,3-7,14-15H2,1-2H3,(H,24,26). The van der Waals surface area contributed by atoms with Crippen LogP contribution in [0.2, 0.25) is 0 Å². The number of benzene rings is 2. The van der Waals surface area contributed by atoms with Crippen LogP contribution in [0.15, 0.2) is 47.4 Å². The maximum atomic E-state index is 13.3. The predicted octanol–water partition coefficient (Wildman–Crippen LogP) is 3.69. The first kappa shape index (κ1) is 23.7. The van der Waals surface area contributed by atoms with Crippen molar-refractivity contribution in [3.63, 3.8) is 0 Å². The Morgan fingerprint density at radius 1 is 0.969 bits per heavy atom. The van der Waals surface area contributed by atoms with Crippen LogP contribution in [0.1, 0.15) is 53.3 Å². The second kappa shape index (κ2) is 10.6. The molecule has 32 heavy (non-hydrogen) atoms. The van der Waals surface area contributed by atoms with Crippen LogP contribution in [0.25, 0.3) is 0 Å². The molecule has 0 spiro atoms. The average molecular weight is 461 g/mol. The van der Waals surface area contributed by atoms with E-state index in [2.05, 4.69) is 5.32 Å². The fourth-order valence-electron chi connectivity index (χ4n) is 3.55. The fraction of sp³-hybridized carbons (Fsp3) is 0.391. The summed E-state index contributed by atoms with van der Waals surface area (Å²) in [5, 5.41) is 2.72.